The topological polar surface area (TPSA) is 123 Å². The number of aryl methyl sites for hydroxylation is 1. The summed E-state index contributed by atoms with van der Waals surface area (Å²) in [6.45, 7) is 5.67. The standard InChI is InChI=1S/C25H29N5O4S/c1-15(2)22(29-35(32,33)19-11-8-16(3)9-12-19)24-27-23(28-34-24)17-10-13-21-20(14-17)26-25(31)30(21)18-6-4-5-7-18/h8-15,18,22,29H,4-7H2,1-3H3,(H,26,31)/t22-/m0/s1. The van der Waals surface area contributed by atoms with Crippen LogP contribution in [0, 0.1) is 12.8 Å². The third-order valence-corrected chi connectivity index (χ3v) is 8.11. The normalized spacial score (nSPS) is 15.9. The highest BCUT2D eigenvalue weighted by atomic mass is 32.2. The van der Waals surface area contributed by atoms with Crippen LogP contribution >= 0.6 is 0 Å². The van der Waals surface area contributed by atoms with Crippen molar-refractivity contribution in [3.8, 4) is 11.4 Å². The number of nitrogens with one attached hydrogen (secondary N) is 2. The molecular weight excluding hydrogens is 466 g/mol. The fourth-order valence-corrected chi connectivity index (χ4v) is 6.04. The Bertz CT molecular complexity index is 1510. The molecule has 9 nitrogen and oxygen atoms in total. The first-order chi connectivity index (χ1) is 16.7. The van der Waals surface area contributed by atoms with Crippen molar-refractivity contribution in [3.05, 3.63) is 64.4 Å². The summed E-state index contributed by atoms with van der Waals surface area (Å²) < 4.78 is 36.0. The molecule has 0 aliphatic heterocycles. The second-order valence-electron chi connectivity index (χ2n) is 9.58. The molecule has 1 atom stereocenters. The number of H-pyrrole nitrogens is 1. The molecule has 0 spiro atoms. The van der Waals surface area contributed by atoms with Crippen LogP contribution in [0.3, 0.4) is 0 Å². The largest absolute Gasteiger partial charge is 0.337 e. The van der Waals surface area contributed by atoms with Gasteiger partial charge in [0.05, 0.1) is 15.9 Å². The fraction of sp³-hybridized carbons (Fsp3) is 0.400. The van der Waals surface area contributed by atoms with Crippen molar-refractivity contribution >= 4 is 21.1 Å². The van der Waals surface area contributed by atoms with Crippen LogP contribution in [0.2, 0.25) is 0 Å². The first kappa shape index (κ1) is 23.5. The van der Waals surface area contributed by atoms with Gasteiger partial charge in [0.15, 0.2) is 0 Å². The predicted molar refractivity (Wildman–Crippen MR) is 132 cm³/mol. The van der Waals surface area contributed by atoms with Gasteiger partial charge in [-0.25, -0.2) is 13.2 Å². The number of rotatable bonds is 7. The van der Waals surface area contributed by atoms with E-state index in [4.69, 9.17) is 4.52 Å². The molecule has 1 aliphatic carbocycles. The lowest BCUT2D eigenvalue weighted by Crippen LogP contribution is -2.32. The molecule has 2 aromatic carbocycles. The Morgan fingerprint density at radius 2 is 1.83 bits per heavy atom. The number of hydrogen-bond donors (Lipinski definition) is 2. The molecule has 2 heterocycles. The Morgan fingerprint density at radius 1 is 1.11 bits per heavy atom. The molecule has 35 heavy (non-hydrogen) atoms. The van der Waals surface area contributed by atoms with Gasteiger partial charge in [0.2, 0.25) is 21.7 Å². The van der Waals surface area contributed by atoms with Gasteiger partial charge >= 0.3 is 5.69 Å². The van der Waals surface area contributed by atoms with Gasteiger partial charge in [0.1, 0.15) is 6.04 Å². The SMILES string of the molecule is Cc1ccc(S(=O)(=O)N[C@H](c2nc(-c3ccc4c(c3)[nH]c(=O)n4C3CCCC3)no2)C(C)C)cc1. The molecule has 2 aromatic heterocycles. The van der Waals surface area contributed by atoms with E-state index in [1.807, 2.05) is 43.5 Å². The zero-order valence-electron chi connectivity index (χ0n) is 20.0. The maximum atomic E-state index is 13.0. The lowest BCUT2D eigenvalue weighted by Gasteiger charge is -2.18. The minimum absolute atomic E-state index is 0.108. The van der Waals surface area contributed by atoms with Crippen molar-refractivity contribution in [1.29, 1.82) is 0 Å². The second-order valence-corrected chi connectivity index (χ2v) is 11.3. The molecule has 4 aromatic rings. The van der Waals surface area contributed by atoms with Crippen LogP contribution in [0.25, 0.3) is 22.4 Å². The Kier molecular flexibility index (Phi) is 6.10. The van der Waals surface area contributed by atoms with Crippen LogP contribution in [0.5, 0.6) is 0 Å². The van der Waals surface area contributed by atoms with E-state index in [9.17, 15) is 13.2 Å². The molecule has 2 N–H and O–H groups in total. The number of fused-ring (bicyclic) bond motifs is 1. The number of hydrogen-bond acceptors (Lipinski definition) is 6. The number of benzene rings is 2. The Morgan fingerprint density at radius 3 is 2.51 bits per heavy atom. The van der Waals surface area contributed by atoms with Gasteiger partial charge in [0.25, 0.3) is 0 Å². The summed E-state index contributed by atoms with van der Waals surface area (Å²) in [7, 11) is -3.78. The van der Waals surface area contributed by atoms with E-state index < -0.39 is 16.1 Å². The molecular formula is C25H29N5O4S. The average Bonchev–Trinajstić information content (AvgIpc) is 3.56. The van der Waals surface area contributed by atoms with Crippen molar-refractivity contribution in [2.24, 2.45) is 5.92 Å². The zero-order chi connectivity index (χ0) is 24.7. The van der Waals surface area contributed by atoms with E-state index in [2.05, 4.69) is 19.8 Å². The summed E-state index contributed by atoms with van der Waals surface area (Å²) >= 11 is 0. The molecule has 184 valence electrons. The number of imidazole rings is 1. The molecule has 0 unspecified atom stereocenters. The highest BCUT2D eigenvalue weighted by Crippen LogP contribution is 2.32. The van der Waals surface area contributed by atoms with Crippen LogP contribution in [0.1, 0.15) is 63.1 Å². The molecule has 0 amide bonds. The summed E-state index contributed by atoms with van der Waals surface area (Å²) in [5.41, 5.74) is 3.12. The Hall–Kier alpha value is -3.24. The quantitative estimate of drug-likeness (QED) is 0.390. The summed E-state index contributed by atoms with van der Waals surface area (Å²) in [6.07, 6.45) is 4.30. The van der Waals surface area contributed by atoms with E-state index in [1.54, 1.807) is 24.3 Å². The molecule has 0 saturated heterocycles. The van der Waals surface area contributed by atoms with Gasteiger partial charge in [-0.2, -0.15) is 9.71 Å². The highest BCUT2D eigenvalue weighted by molar-refractivity contribution is 7.89. The number of sulfonamides is 1. The fourth-order valence-electron chi connectivity index (χ4n) is 4.70. The summed E-state index contributed by atoms with van der Waals surface area (Å²) in [6, 6.07) is 11.8. The third kappa shape index (κ3) is 4.55. The summed E-state index contributed by atoms with van der Waals surface area (Å²) in [5, 5.41) is 4.10. The predicted octanol–water partition coefficient (Wildman–Crippen LogP) is 4.48. The molecule has 0 bridgehead atoms. The molecule has 10 heteroatoms. The first-order valence-electron chi connectivity index (χ1n) is 11.9. The maximum absolute atomic E-state index is 13.0. The van der Waals surface area contributed by atoms with Crippen LogP contribution in [-0.4, -0.2) is 28.1 Å². The van der Waals surface area contributed by atoms with E-state index >= 15 is 0 Å². The smallest absolute Gasteiger partial charge is 0.326 e. The van der Waals surface area contributed by atoms with Crippen LogP contribution in [0.15, 0.2) is 56.7 Å². The number of aromatic nitrogens is 4. The van der Waals surface area contributed by atoms with Crippen molar-refractivity contribution in [3.63, 3.8) is 0 Å². The van der Waals surface area contributed by atoms with Crippen molar-refractivity contribution in [2.75, 3.05) is 0 Å². The highest BCUT2D eigenvalue weighted by Gasteiger charge is 2.29. The molecule has 1 aliphatic rings. The van der Waals surface area contributed by atoms with Gasteiger partial charge in [-0.1, -0.05) is 49.5 Å². The van der Waals surface area contributed by atoms with Crippen molar-refractivity contribution in [1.82, 2.24) is 24.4 Å². The van der Waals surface area contributed by atoms with Gasteiger partial charge < -0.3 is 9.51 Å². The molecule has 5 rings (SSSR count). The maximum Gasteiger partial charge on any atom is 0.326 e. The third-order valence-electron chi connectivity index (χ3n) is 6.65. The van der Waals surface area contributed by atoms with Crippen molar-refractivity contribution in [2.45, 2.75) is 63.4 Å². The van der Waals surface area contributed by atoms with Crippen molar-refractivity contribution < 1.29 is 12.9 Å². The van der Waals surface area contributed by atoms with Crippen LogP contribution in [-0.2, 0) is 10.0 Å². The first-order valence-corrected chi connectivity index (χ1v) is 13.4. The van der Waals surface area contributed by atoms with Gasteiger partial charge in [-0.15, -0.1) is 0 Å². The average molecular weight is 496 g/mol. The molecule has 0 radical (unpaired) electrons. The van der Waals surface area contributed by atoms with Gasteiger partial charge in [-0.3, -0.25) is 4.57 Å². The number of nitrogens with zero attached hydrogens (tertiary/aromatic N) is 3. The van der Waals surface area contributed by atoms with E-state index in [1.165, 1.54) is 0 Å². The summed E-state index contributed by atoms with van der Waals surface area (Å²) in [4.78, 5) is 20.2. The van der Waals surface area contributed by atoms with Crippen LogP contribution in [0.4, 0.5) is 0 Å². The van der Waals surface area contributed by atoms with E-state index in [0.29, 0.717) is 16.9 Å². The van der Waals surface area contributed by atoms with E-state index in [0.717, 1.165) is 36.8 Å². The van der Waals surface area contributed by atoms with Gasteiger partial charge in [-0.05, 0) is 56.0 Å². The number of aromatic amines is 1. The van der Waals surface area contributed by atoms with Gasteiger partial charge in [0, 0.05) is 11.6 Å². The zero-order valence-corrected chi connectivity index (χ0v) is 20.8. The minimum atomic E-state index is -3.78. The summed E-state index contributed by atoms with van der Waals surface area (Å²) in [5.74, 6) is 0.377. The second kappa shape index (κ2) is 9.09. The monoisotopic (exact) mass is 495 g/mol. The van der Waals surface area contributed by atoms with E-state index in [-0.39, 0.29) is 28.4 Å². The molecule has 1 fully saturated rings. The lowest BCUT2D eigenvalue weighted by molar-refractivity contribution is 0.311. The molecule has 1 saturated carbocycles. The minimum Gasteiger partial charge on any atom is -0.337 e. The van der Waals surface area contributed by atoms with Crippen LogP contribution < -0.4 is 10.4 Å². The Labute approximate surface area is 203 Å². The Balaban J connectivity index is 1.43. The lowest BCUT2D eigenvalue weighted by atomic mass is 10.1.